The molecule has 2 unspecified atom stereocenters. The van der Waals surface area contributed by atoms with E-state index in [1.54, 1.807) is 12.3 Å². The Labute approximate surface area is 138 Å². The van der Waals surface area contributed by atoms with E-state index >= 15 is 0 Å². The standard InChI is InChI=1S/C16H20N2O4S/c1-8-4-5-23-13(8)15(20)18-17-14(19)11-6-9(2)10(3)7-12(11)16(21)22/h4-5,11-12H,6-7H2,1-3H3,(H,17,19)(H,18,20)(H,21,22)/p-1. The van der Waals surface area contributed by atoms with Crippen molar-refractivity contribution < 1.29 is 19.5 Å². The molecule has 2 rings (SSSR count). The van der Waals surface area contributed by atoms with E-state index in [9.17, 15) is 19.5 Å². The zero-order valence-electron chi connectivity index (χ0n) is 13.3. The predicted molar refractivity (Wildman–Crippen MR) is 84.3 cm³/mol. The van der Waals surface area contributed by atoms with Gasteiger partial charge in [-0.2, -0.15) is 0 Å². The molecule has 6 nitrogen and oxygen atoms in total. The largest absolute Gasteiger partial charge is 0.550 e. The average Bonchev–Trinajstić information content (AvgIpc) is 2.92. The highest BCUT2D eigenvalue weighted by molar-refractivity contribution is 7.12. The summed E-state index contributed by atoms with van der Waals surface area (Å²) in [4.78, 5) is 36.1. The van der Waals surface area contributed by atoms with Crippen molar-refractivity contribution in [2.45, 2.75) is 33.6 Å². The van der Waals surface area contributed by atoms with Crippen LogP contribution in [0.2, 0.25) is 0 Å². The molecule has 0 bridgehead atoms. The molecule has 0 spiro atoms. The molecular weight excluding hydrogens is 316 g/mol. The molecule has 1 aliphatic carbocycles. The Balaban J connectivity index is 2.03. The average molecular weight is 335 g/mol. The van der Waals surface area contributed by atoms with Crippen LogP contribution in [0.15, 0.2) is 22.6 Å². The fraction of sp³-hybridized carbons (Fsp3) is 0.438. The van der Waals surface area contributed by atoms with Gasteiger partial charge in [-0.05, 0) is 50.6 Å². The minimum Gasteiger partial charge on any atom is -0.550 e. The molecular formula is C16H19N2O4S-. The smallest absolute Gasteiger partial charge is 0.280 e. The summed E-state index contributed by atoms with van der Waals surface area (Å²) in [6.07, 6.45) is 0.647. The predicted octanol–water partition coefficient (Wildman–Crippen LogP) is 0.930. The van der Waals surface area contributed by atoms with Crippen LogP contribution in [0, 0.1) is 18.8 Å². The Kier molecular flexibility index (Phi) is 5.20. The molecule has 1 aromatic rings. The van der Waals surface area contributed by atoms with Crippen LogP contribution in [-0.2, 0) is 9.59 Å². The van der Waals surface area contributed by atoms with Crippen molar-refractivity contribution in [3.63, 3.8) is 0 Å². The number of rotatable bonds is 3. The van der Waals surface area contributed by atoms with Crippen LogP contribution in [-0.4, -0.2) is 17.8 Å². The van der Waals surface area contributed by atoms with Gasteiger partial charge in [-0.15, -0.1) is 11.3 Å². The van der Waals surface area contributed by atoms with Gasteiger partial charge in [-0.3, -0.25) is 20.4 Å². The number of carboxylic acid groups (broad SMARTS) is 1. The molecule has 2 atom stereocenters. The summed E-state index contributed by atoms with van der Waals surface area (Å²) >= 11 is 1.28. The van der Waals surface area contributed by atoms with Gasteiger partial charge in [0.2, 0.25) is 5.91 Å². The molecule has 0 aromatic carbocycles. The molecule has 1 aromatic heterocycles. The van der Waals surface area contributed by atoms with E-state index in [0.717, 1.165) is 16.7 Å². The van der Waals surface area contributed by atoms with Crippen LogP contribution in [0.4, 0.5) is 0 Å². The Morgan fingerprint density at radius 2 is 1.70 bits per heavy atom. The molecule has 0 saturated carbocycles. The summed E-state index contributed by atoms with van der Waals surface area (Å²) in [5, 5.41) is 13.1. The summed E-state index contributed by atoms with van der Waals surface area (Å²) in [7, 11) is 0. The van der Waals surface area contributed by atoms with Crippen molar-refractivity contribution >= 4 is 29.1 Å². The molecule has 0 saturated heterocycles. The van der Waals surface area contributed by atoms with Crippen LogP contribution < -0.4 is 16.0 Å². The number of hydrogen-bond acceptors (Lipinski definition) is 5. The number of carboxylic acids is 1. The lowest BCUT2D eigenvalue weighted by Gasteiger charge is -2.32. The SMILES string of the molecule is CC1=C(C)CC(C(=O)NNC(=O)c2sccc2C)C(C(=O)[O-])C1. The van der Waals surface area contributed by atoms with Gasteiger partial charge < -0.3 is 9.90 Å². The van der Waals surface area contributed by atoms with E-state index in [4.69, 9.17) is 0 Å². The van der Waals surface area contributed by atoms with Crippen LogP contribution >= 0.6 is 11.3 Å². The third-order valence-electron chi connectivity index (χ3n) is 4.27. The molecule has 2 N–H and O–H groups in total. The lowest BCUT2D eigenvalue weighted by atomic mass is 9.76. The second-order valence-electron chi connectivity index (χ2n) is 5.88. The number of aryl methyl sites for hydroxylation is 1. The first kappa shape index (κ1) is 17.2. The molecule has 2 amide bonds. The number of aliphatic carboxylic acids is 1. The van der Waals surface area contributed by atoms with E-state index in [1.807, 2.05) is 19.9 Å². The zero-order chi connectivity index (χ0) is 17.1. The van der Waals surface area contributed by atoms with E-state index in [2.05, 4.69) is 10.9 Å². The number of thiophene rings is 1. The van der Waals surface area contributed by atoms with Crippen molar-refractivity contribution in [3.05, 3.63) is 33.0 Å². The second kappa shape index (κ2) is 6.95. The Morgan fingerprint density at radius 3 is 2.22 bits per heavy atom. The van der Waals surface area contributed by atoms with Gasteiger partial charge in [0.25, 0.3) is 5.91 Å². The second-order valence-corrected chi connectivity index (χ2v) is 6.79. The molecule has 23 heavy (non-hydrogen) atoms. The quantitative estimate of drug-likeness (QED) is 0.634. The maximum absolute atomic E-state index is 12.3. The van der Waals surface area contributed by atoms with Crippen molar-refractivity contribution in [1.82, 2.24) is 10.9 Å². The highest BCUT2D eigenvalue weighted by Crippen LogP contribution is 2.33. The van der Waals surface area contributed by atoms with Crippen molar-refractivity contribution in [1.29, 1.82) is 0 Å². The number of hydrogen-bond donors (Lipinski definition) is 2. The molecule has 0 radical (unpaired) electrons. The molecule has 124 valence electrons. The summed E-state index contributed by atoms with van der Waals surface area (Å²) in [5.41, 5.74) is 7.49. The normalized spacial score (nSPS) is 21.0. The topological polar surface area (TPSA) is 98.3 Å². The maximum Gasteiger partial charge on any atom is 0.280 e. The lowest BCUT2D eigenvalue weighted by Crippen LogP contribution is -2.49. The van der Waals surface area contributed by atoms with Gasteiger partial charge in [-0.25, -0.2) is 0 Å². The number of hydrazine groups is 1. The summed E-state index contributed by atoms with van der Waals surface area (Å²) in [6, 6.07) is 1.81. The van der Waals surface area contributed by atoms with E-state index in [-0.39, 0.29) is 0 Å². The monoisotopic (exact) mass is 335 g/mol. The fourth-order valence-corrected chi connectivity index (χ4v) is 3.51. The molecule has 1 heterocycles. The molecule has 0 aliphatic heterocycles. The Morgan fingerprint density at radius 1 is 1.09 bits per heavy atom. The first-order chi connectivity index (χ1) is 10.8. The van der Waals surface area contributed by atoms with Gasteiger partial charge in [0.05, 0.1) is 10.8 Å². The van der Waals surface area contributed by atoms with E-state index in [1.165, 1.54) is 11.3 Å². The van der Waals surface area contributed by atoms with Gasteiger partial charge in [0.1, 0.15) is 0 Å². The van der Waals surface area contributed by atoms with Gasteiger partial charge >= 0.3 is 0 Å². The first-order valence-electron chi connectivity index (χ1n) is 7.31. The molecule has 0 fully saturated rings. The number of amides is 2. The van der Waals surface area contributed by atoms with Crippen molar-refractivity contribution in [2.24, 2.45) is 11.8 Å². The number of allylic oxidation sites excluding steroid dienone is 2. The number of nitrogens with one attached hydrogen (secondary N) is 2. The first-order valence-corrected chi connectivity index (χ1v) is 8.19. The summed E-state index contributed by atoms with van der Waals surface area (Å²) in [6.45, 7) is 5.55. The van der Waals surface area contributed by atoms with Crippen molar-refractivity contribution in [3.8, 4) is 0 Å². The Hall–Kier alpha value is -2.15. The number of carbonyl (C=O) groups is 3. The highest BCUT2D eigenvalue weighted by atomic mass is 32.1. The fourth-order valence-electron chi connectivity index (χ4n) is 2.69. The van der Waals surface area contributed by atoms with Gasteiger partial charge in [0.15, 0.2) is 0 Å². The van der Waals surface area contributed by atoms with Crippen LogP contribution in [0.25, 0.3) is 0 Å². The minimum absolute atomic E-state index is 0.296. The van der Waals surface area contributed by atoms with Gasteiger partial charge in [0, 0.05) is 11.9 Å². The number of carbonyl (C=O) groups excluding carboxylic acids is 3. The highest BCUT2D eigenvalue weighted by Gasteiger charge is 2.33. The van der Waals surface area contributed by atoms with Crippen LogP contribution in [0.3, 0.4) is 0 Å². The van der Waals surface area contributed by atoms with Crippen molar-refractivity contribution in [2.75, 3.05) is 0 Å². The maximum atomic E-state index is 12.3. The van der Waals surface area contributed by atoms with E-state index in [0.29, 0.717) is 17.7 Å². The lowest BCUT2D eigenvalue weighted by molar-refractivity contribution is -0.313. The minimum atomic E-state index is -1.24. The van der Waals surface area contributed by atoms with E-state index < -0.39 is 29.6 Å². The zero-order valence-corrected chi connectivity index (χ0v) is 14.1. The third kappa shape index (κ3) is 3.79. The molecule has 1 aliphatic rings. The van der Waals surface area contributed by atoms with Gasteiger partial charge in [-0.1, -0.05) is 11.1 Å². The summed E-state index contributed by atoms with van der Waals surface area (Å²) < 4.78 is 0. The Bertz CT molecular complexity index is 677. The third-order valence-corrected chi connectivity index (χ3v) is 5.29. The molecule has 7 heteroatoms. The summed E-state index contributed by atoms with van der Waals surface area (Å²) in [5.74, 6) is -3.77. The van der Waals surface area contributed by atoms with Crippen LogP contribution in [0.1, 0.15) is 41.9 Å². The van der Waals surface area contributed by atoms with Crippen LogP contribution in [0.5, 0.6) is 0 Å².